The molecular formula is C11H22O2S. The summed E-state index contributed by atoms with van der Waals surface area (Å²) < 4.78 is 0. The Labute approximate surface area is 92.5 Å². The van der Waals surface area contributed by atoms with Crippen LogP contribution >= 0.6 is 12.6 Å². The summed E-state index contributed by atoms with van der Waals surface area (Å²) in [4.78, 5) is 10.8. The average molecular weight is 218 g/mol. The summed E-state index contributed by atoms with van der Waals surface area (Å²) >= 11 is 4.20. The van der Waals surface area contributed by atoms with E-state index in [1.54, 1.807) is 0 Å². The molecule has 1 N–H and O–H groups in total. The van der Waals surface area contributed by atoms with Crippen molar-refractivity contribution in [2.45, 2.75) is 57.6 Å². The quantitative estimate of drug-likeness (QED) is 0.484. The molecule has 0 aromatic rings. The lowest BCUT2D eigenvalue weighted by molar-refractivity contribution is -0.141. The number of hydrogen-bond acceptors (Lipinski definition) is 2. The molecule has 0 aliphatic heterocycles. The Morgan fingerprint density at radius 1 is 1.29 bits per heavy atom. The molecule has 0 rings (SSSR count). The van der Waals surface area contributed by atoms with E-state index >= 15 is 0 Å². The van der Waals surface area contributed by atoms with Gasteiger partial charge in [-0.1, -0.05) is 46.0 Å². The molecule has 14 heavy (non-hydrogen) atoms. The number of thiol groups is 1. The number of hydrogen-bond donors (Lipinski definition) is 2. The Morgan fingerprint density at radius 2 is 1.86 bits per heavy atom. The van der Waals surface area contributed by atoms with Gasteiger partial charge in [-0.05, 0) is 6.42 Å². The van der Waals surface area contributed by atoms with E-state index in [1.807, 2.05) is 6.92 Å². The maximum absolute atomic E-state index is 10.8. The normalized spacial score (nSPS) is 15.1. The lowest BCUT2D eigenvalue weighted by atomic mass is 9.98. The molecule has 0 amide bonds. The van der Waals surface area contributed by atoms with Crippen molar-refractivity contribution in [2.75, 3.05) is 0 Å². The molecule has 0 radical (unpaired) electrons. The van der Waals surface area contributed by atoms with Gasteiger partial charge in [-0.3, -0.25) is 4.79 Å². The Balaban J connectivity index is 3.57. The van der Waals surface area contributed by atoms with Gasteiger partial charge in [-0.2, -0.15) is 12.6 Å². The predicted octanol–water partition coefficient (Wildman–Crippen LogP) is 3.37. The van der Waals surface area contributed by atoms with Crippen LogP contribution in [0.15, 0.2) is 0 Å². The first-order chi connectivity index (χ1) is 6.59. The van der Waals surface area contributed by atoms with Crippen LogP contribution in [0.3, 0.4) is 0 Å². The van der Waals surface area contributed by atoms with Gasteiger partial charge in [0.05, 0.1) is 5.92 Å². The van der Waals surface area contributed by atoms with Crippen LogP contribution in [-0.4, -0.2) is 16.3 Å². The highest BCUT2D eigenvalue weighted by Gasteiger charge is 2.20. The summed E-state index contributed by atoms with van der Waals surface area (Å²) in [7, 11) is 0. The van der Waals surface area contributed by atoms with E-state index in [2.05, 4.69) is 19.6 Å². The lowest BCUT2D eigenvalue weighted by Crippen LogP contribution is -2.21. The smallest absolute Gasteiger partial charge is 0.307 e. The number of carboxylic acid groups (broad SMARTS) is 1. The summed E-state index contributed by atoms with van der Waals surface area (Å²) in [6.45, 7) is 4.03. The minimum atomic E-state index is -0.706. The van der Waals surface area contributed by atoms with Crippen molar-refractivity contribution in [1.29, 1.82) is 0 Å². The maximum atomic E-state index is 10.8. The second-order valence-corrected chi connectivity index (χ2v) is 4.70. The van der Waals surface area contributed by atoms with E-state index in [4.69, 9.17) is 5.11 Å². The zero-order valence-electron chi connectivity index (χ0n) is 9.20. The molecule has 2 atom stereocenters. The molecule has 0 saturated carbocycles. The number of unbranched alkanes of at least 4 members (excludes halogenated alkanes) is 4. The van der Waals surface area contributed by atoms with Gasteiger partial charge in [0.15, 0.2) is 0 Å². The largest absolute Gasteiger partial charge is 0.481 e. The van der Waals surface area contributed by atoms with Crippen molar-refractivity contribution < 1.29 is 9.90 Å². The van der Waals surface area contributed by atoms with E-state index < -0.39 is 5.97 Å². The van der Waals surface area contributed by atoms with Crippen molar-refractivity contribution in [2.24, 2.45) is 5.92 Å². The molecule has 84 valence electrons. The molecule has 0 aromatic heterocycles. The molecular weight excluding hydrogens is 196 g/mol. The van der Waals surface area contributed by atoms with Crippen LogP contribution in [0.5, 0.6) is 0 Å². The monoisotopic (exact) mass is 218 g/mol. The van der Waals surface area contributed by atoms with Gasteiger partial charge in [-0.15, -0.1) is 0 Å². The molecule has 0 aliphatic carbocycles. The van der Waals surface area contributed by atoms with Crippen LogP contribution in [0.4, 0.5) is 0 Å². The highest BCUT2D eigenvalue weighted by Crippen LogP contribution is 2.18. The van der Waals surface area contributed by atoms with Crippen LogP contribution < -0.4 is 0 Å². The summed E-state index contributed by atoms with van der Waals surface area (Å²) in [6, 6.07) is 0. The minimum Gasteiger partial charge on any atom is -0.481 e. The molecule has 0 heterocycles. The molecule has 0 bridgehead atoms. The third-order valence-electron chi connectivity index (χ3n) is 2.52. The Bertz CT molecular complexity index is 157. The lowest BCUT2D eigenvalue weighted by Gasteiger charge is -2.14. The number of carbonyl (C=O) groups is 1. The van der Waals surface area contributed by atoms with Crippen molar-refractivity contribution in [3.05, 3.63) is 0 Å². The molecule has 3 heteroatoms. The molecule has 0 saturated heterocycles. The highest BCUT2D eigenvalue weighted by atomic mass is 32.1. The molecule has 2 unspecified atom stereocenters. The highest BCUT2D eigenvalue weighted by molar-refractivity contribution is 7.81. The topological polar surface area (TPSA) is 37.3 Å². The standard InChI is InChI=1S/C11H22O2S/c1-3-4-5-6-7-8-10(9(2)14)11(12)13/h9-10,14H,3-8H2,1-2H3,(H,12,13). The minimum absolute atomic E-state index is 0.0429. The van der Waals surface area contributed by atoms with Crippen molar-refractivity contribution >= 4 is 18.6 Å². The van der Waals surface area contributed by atoms with Crippen LogP contribution in [0.2, 0.25) is 0 Å². The van der Waals surface area contributed by atoms with Gasteiger partial charge >= 0.3 is 5.97 Å². The van der Waals surface area contributed by atoms with Gasteiger partial charge in [0.25, 0.3) is 0 Å². The summed E-state index contributed by atoms with van der Waals surface area (Å²) in [5, 5.41) is 8.85. The first-order valence-electron chi connectivity index (χ1n) is 5.50. The van der Waals surface area contributed by atoms with Gasteiger partial charge in [0.2, 0.25) is 0 Å². The molecule has 0 spiro atoms. The summed E-state index contributed by atoms with van der Waals surface area (Å²) in [5.41, 5.74) is 0. The average Bonchev–Trinajstić information content (AvgIpc) is 2.09. The number of rotatable bonds is 8. The number of carboxylic acids is 1. The van der Waals surface area contributed by atoms with E-state index in [-0.39, 0.29) is 11.2 Å². The van der Waals surface area contributed by atoms with Crippen LogP contribution in [0.1, 0.15) is 52.4 Å². The second-order valence-electron chi connectivity index (χ2n) is 3.89. The first-order valence-corrected chi connectivity index (χ1v) is 6.02. The van der Waals surface area contributed by atoms with Gasteiger partial charge in [0, 0.05) is 5.25 Å². The van der Waals surface area contributed by atoms with E-state index in [0.717, 1.165) is 19.3 Å². The Kier molecular flexibility index (Phi) is 8.05. The molecule has 2 nitrogen and oxygen atoms in total. The number of aliphatic carboxylic acids is 1. The first kappa shape index (κ1) is 13.8. The van der Waals surface area contributed by atoms with Crippen molar-refractivity contribution in [3.8, 4) is 0 Å². The Hall–Kier alpha value is -0.180. The fourth-order valence-corrected chi connectivity index (χ4v) is 1.82. The van der Waals surface area contributed by atoms with E-state index in [9.17, 15) is 4.79 Å². The molecule has 0 aromatic carbocycles. The summed E-state index contributed by atoms with van der Waals surface area (Å²) in [6.07, 6.45) is 6.65. The third-order valence-corrected chi connectivity index (χ3v) is 2.88. The summed E-state index contributed by atoms with van der Waals surface area (Å²) in [5.74, 6) is -0.983. The van der Waals surface area contributed by atoms with Crippen molar-refractivity contribution in [1.82, 2.24) is 0 Å². The SMILES string of the molecule is CCCCCCCC(C(=O)O)C(C)S. The predicted molar refractivity (Wildman–Crippen MR) is 62.9 cm³/mol. The molecule has 0 aliphatic rings. The fraction of sp³-hybridized carbons (Fsp3) is 0.909. The van der Waals surface area contributed by atoms with Crippen LogP contribution in [0, 0.1) is 5.92 Å². The zero-order chi connectivity index (χ0) is 11.0. The van der Waals surface area contributed by atoms with Crippen molar-refractivity contribution in [3.63, 3.8) is 0 Å². The van der Waals surface area contributed by atoms with Crippen LogP contribution in [0.25, 0.3) is 0 Å². The maximum Gasteiger partial charge on any atom is 0.307 e. The van der Waals surface area contributed by atoms with Gasteiger partial charge in [0.1, 0.15) is 0 Å². The van der Waals surface area contributed by atoms with E-state index in [1.165, 1.54) is 19.3 Å². The zero-order valence-corrected chi connectivity index (χ0v) is 10.1. The second kappa shape index (κ2) is 8.16. The van der Waals surface area contributed by atoms with Crippen LogP contribution in [-0.2, 0) is 4.79 Å². The molecule has 0 fully saturated rings. The fourth-order valence-electron chi connectivity index (χ4n) is 1.54. The van der Waals surface area contributed by atoms with Gasteiger partial charge < -0.3 is 5.11 Å². The third kappa shape index (κ3) is 6.30. The Morgan fingerprint density at radius 3 is 2.29 bits per heavy atom. The van der Waals surface area contributed by atoms with E-state index in [0.29, 0.717) is 0 Å². The van der Waals surface area contributed by atoms with Gasteiger partial charge in [-0.25, -0.2) is 0 Å².